The van der Waals surface area contributed by atoms with Gasteiger partial charge in [-0.15, -0.1) is 0 Å². The molecule has 0 saturated carbocycles. The summed E-state index contributed by atoms with van der Waals surface area (Å²) in [4.78, 5) is 0. The molecule has 114 valence electrons. The van der Waals surface area contributed by atoms with Gasteiger partial charge in [-0.05, 0) is 20.8 Å². The van der Waals surface area contributed by atoms with Gasteiger partial charge in [-0.1, -0.05) is 26.2 Å². The van der Waals surface area contributed by atoms with E-state index in [0.29, 0.717) is 0 Å². The number of aliphatic hydroxyl groups excluding tert-OH is 3. The van der Waals surface area contributed by atoms with E-state index in [0.717, 1.165) is 0 Å². The van der Waals surface area contributed by atoms with E-state index in [-0.39, 0.29) is 45.7 Å². The average Bonchev–Trinajstić information content (AvgIpc) is 2.82. The van der Waals surface area contributed by atoms with Crippen molar-refractivity contribution in [2.75, 3.05) is 19.8 Å². The molecule has 4 heteroatoms. The summed E-state index contributed by atoms with van der Waals surface area (Å²) in [7, 11) is 0. The van der Waals surface area contributed by atoms with Crippen molar-refractivity contribution in [3.63, 3.8) is 0 Å². The molecule has 0 spiro atoms. The summed E-state index contributed by atoms with van der Waals surface area (Å²) in [6.45, 7) is 8.02. The molecule has 0 saturated heterocycles. The molecule has 0 aliphatic carbocycles. The van der Waals surface area contributed by atoms with E-state index in [4.69, 9.17) is 15.3 Å². The van der Waals surface area contributed by atoms with Crippen molar-refractivity contribution in [2.45, 2.75) is 47.0 Å². The third kappa shape index (κ3) is 38.1. The van der Waals surface area contributed by atoms with Gasteiger partial charge in [0.2, 0.25) is 0 Å². The Hall–Kier alpha value is 0.100. The van der Waals surface area contributed by atoms with E-state index in [9.17, 15) is 0 Å². The summed E-state index contributed by atoms with van der Waals surface area (Å²) < 4.78 is 0. The minimum Gasteiger partial charge on any atom is -0.397 e. The van der Waals surface area contributed by atoms with Crippen molar-refractivity contribution in [3.05, 3.63) is 29.8 Å². The maximum Gasteiger partial charge on any atom is 0.0402 e. The van der Waals surface area contributed by atoms with Gasteiger partial charge >= 0.3 is 0 Å². The maximum absolute atomic E-state index is 7.57. The van der Waals surface area contributed by atoms with E-state index in [1.165, 1.54) is 24.8 Å². The normalized spacial score (nSPS) is 7.53. The fraction of sp³-hybridized carbons (Fsp3) is 0.667. The van der Waals surface area contributed by atoms with Crippen LogP contribution in [0.25, 0.3) is 0 Å². The van der Waals surface area contributed by atoms with Gasteiger partial charge < -0.3 is 15.3 Å². The van der Waals surface area contributed by atoms with Crippen LogP contribution in [-0.2, 0) is 32.3 Å². The molecule has 1 aromatic rings. The Kier molecular flexibility index (Phi) is 44.5. The first kappa shape index (κ1) is 27.4. The third-order valence-corrected chi connectivity index (χ3v) is 1.55. The molecule has 0 bridgehead atoms. The van der Waals surface area contributed by atoms with Gasteiger partial charge in [0, 0.05) is 45.7 Å². The molecule has 0 atom stereocenters. The molecule has 0 aliphatic rings. The van der Waals surface area contributed by atoms with Crippen molar-refractivity contribution < 1.29 is 41.2 Å². The monoisotopic (exact) mass is 439 g/mol. The van der Waals surface area contributed by atoms with Crippen LogP contribution in [0.15, 0.2) is 24.3 Å². The van der Waals surface area contributed by atoms with Gasteiger partial charge in [0.1, 0.15) is 0 Å². The van der Waals surface area contributed by atoms with Crippen molar-refractivity contribution in [3.8, 4) is 0 Å². The van der Waals surface area contributed by atoms with Gasteiger partial charge in [0.15, 0.2) is 0 Å². The van der Waals surface area contributed by atoms with Crippen molar-refractivity contribution in [1.29, 1.82) is 0 Å². The zero-order chi connectivity index (χ0) is 14.6. The predicted molar refractivity (Wildman–Crippen MR) is 78.9 cm³/mol. The zero-order valence-electron chi connectivity index (χ0n) is 12.9. The van der Waals surface area contributed by atoms with Crippen LogP contribution >= 0.6 is 0 Å². The van der Waals surface area contributed by atoms with Crippen molar-refractivity contribution in [2.24, 2.45) is 0 Å². The Labute approximate surface area is 137 Å². The Morgan fingerprint density at radius 2 is 1.11 bits per heavy atom. The predicted octanol–water partition coefficient (Wildman–Crippen LogP) is 2.74. The second-order valence-electron chi connectivity index (χ2n) is 3.35. The van der Waals surface area contributed by atoms with Gasteiger partial charge in [-0.3, -0.25) is 0 Å². The van der Waals surface area contributed by atoms with Gasteiger partial charge in [-0.25, -0.2) is 12.1 Å². The van der Waals surface area contributed by atoms with E-state index in [1.54, 1.807) is 20.8 Å². The second kappa shape index (κ2) is 30.8. The van der Waals surface area contributed by atoms with Crippen LogP contribution in [0.5, 0.6) is 0 Å². The Balaban J connectivity index is -0.0000000956. The molecule has 0 amide bonds. The summed E-state index contributed by atoms with van der Waals surface area (Å²) in [6.07, 6.45) is 3.87. The SMILES string of the molecule is CCCC[c-]1cccc1.CCO.CCO.CCO.[Hf]. The van der Waals surface area contributed by atoms with Crippen LogP contribution in [0, 0.1) is 0 Å². The van der Waals surface area contributed by atoms with Gasteiger partial charge in [0.05, 0.1) is 0 Å². The minimum atomic E-state index is 0. The molecule has 0 heterocycles. The Morgan fingerprint density at radius 3 is 1.37 bits per heavy atom. The number of hydrogen-bond donors (Lipinski definition) is 3. The zero-order valence-corrected chi connectivity index (χ0v) is 16.5. The molecule has 0 aliphatic heterocycles. The summed E-state index contributed by atoms with van der Waals surface area (Å²) in [5.74, 6) is 0. The Morgan fingerprint density at radius 1 is 0.789 bits per heavy atom. The molecule has 0 unspecified atom stereocenters. The first-order valence-corrected chi connectivity index (χ1v) is 6.71. The summed E-state index contributed by atoms with van der Waals surface area (Å²) in [5.41, 5.74) is 1.48. The third-order valence-electron chi connectivity index (χ3n) is 1.55. The summed E-state index contributed by atoms with van der Waals surface area (Å²) in [5, 5.41) is 22.7. The smallest absolute Gasteiger partial charge is 0.0402 e. The number of aryl methyl sites for hydroxylation is 1. The molecule has 1 rings (SSSR count). The topological polar surface area (TPSA) is 60.7 Å². The number of unbranched alkanes of at least 4 members (excludes halogenated alkanes) is 1. The van der Waals surface area contributed by atoms with Crippen LogP contribution in [0.2, 0.25) is 0 Å². The van der Waals surface area contributed by atoms with Crippen LogP contribution < -0.4 is 0 Å². The largest absolute Gasteiger partial charge is 0.397 e. The van der Waals surface area contributed by atoms with Gasteiger partial charge in [0.25, 0.3) is 0 Å². The molecule has 19 heavy (non-hydrogen) atoms. The summed E-state index contributed by atoms with van der Waals surface area (Å²) in [6, 6.07) is 8.58. The van der Waals surface area contributed by atoms with Crippen LogP contribution in [-0.4, -0.2) is 35.1 Å². The van der Waals surface area contributed by atoms with E-state index >= 15 is 0 Å². The second-order valence-corrected chi connectivity index (χ2v) is 3.35. The fourth-order valence-electron chi connectivity index (χ4n) is 0.961. The maximum atomic E-state index is 7.57. The van der Waals surface area contributed by atoms with E-state index in [2.05, 4.69) is 31.2 Å². The first-order valence-electron chi connectivity index (χ1n) is 6.71. The number of rotatable bonds is 3. The molecule has 0 radical (unpaired) electrons. The van der Waals surface area contributed by atoms with Crippen LogP contribution in [0.1, 0.15) is 46.1 Å². The molecule has 3 N–H and O–H groups in total. The van der Waals surface area contributed by atoms with Crippen molar-refractivity contribution >= 4 is 0 Å². The average molecular weight is 438 g/mol. The molecule has 0 fully saturated rings. The van der Waals surface area contributed by atoms with Gasteiger partial charge in [-0.2, -0.15) is 17.7 Å². The standard InChI is InChI=1S/C9H13.3C2H6O.Hf/c1-2-3-6-9-7-4-5-8-9;3*1-2-3;/h4-5,7-8H,2-3,6H2,1H3;3*3H,2H2,1H3;/q-1;;;;. The first-order chi connectivity index (χ1) is 8.67. The molecule has 0 aromatic heterocycles. The summed E-state index contributed by atoms with van der Waals surface area (Å²) >= 11 is 0. The Bertz CT molecular complexity index is 185. The molecule has 1 aromatic carbocycles. The fourth-order valence-corrected chi connectivity index (χ4v) is 0.961. The number of hydrogen-bond acceptors (Lipinski definition) is 3. The molecular weight excluding hydrogens is 407 g/mol. The van der Waals surface area contributed by atoms with Crippen LogP contribution in [0.4, 0.5) is 0 Å². The number of aliphatic hydroxyl groups is 3. The van der Waals surface area contributed by atoms with Crippen molar-refractivity contribution in [1.82, 2.24) is 0 Å². The van der Waals surface area contributed by atoms with Crippen LogP contribution in [0.3, 0.4) is 0 Å². The van der Waals surface area contributed by atoms with E-state index < -0.39 is 0 Å². The molecule has 3 nitrogen and oxygen atoms in total. The van der Waals surface area contributed by atoms with E-state index in [1.807, 2.05) is 0 Å². The minimum absolute atomic E-state index is 0. The quantitative estimate of drug-likeness (QED) is 0.503. The molecular formula is C15H31HfO3-.